The number of para-hydroxylation sites is 2. The van der Waals surface area contributed by atoms with E-state index in [0.29, 0.717) is 23.7 Å². The summed E-state index contributed by atoms with van der Waals surface area (Å²) in [5.41, 5.74) is 1.70. The van der Waals surface area contributed by atoms with E-state index in [2.05, 4.69) is 5.32 Å². The molecule has 0 fully saturated rings. The number of carbonyl (C=O) groups excluding carboxylic acids is 2. The second-order valence-electron chi connectivity index (χ2n) is 6.17. The van der Waals surface area contributed by atoms with Crippen LogP contribution in [0.25, 0.3) is 0 Å². The Labute approximate surface area is 156 Å². The molecule has 1 aliphatic rings. The minimum atomic E-state index is -0.293. The molecule has 1 aliphatic heterocycles. The van der Waals surface area contributed by atoms with Crippen molar-refractivity contribution in [3.8, 4) is 5.75 Å². The van der Waals surface area contributed by atoms with E-state index >= 15 is 0 Å². The molecule has 3 aromatic rings. The van der Waals surface area contributed by atoms with E-state index in [-0.39, 0.29) is 30.7 Å². The molecule has 2 amide bonds. The largest absolute Gasteiger partial charge is 0.482 e. The number of carbonyl (C=O) groups is 2. The first kappa shape index (κ1) is 16.9. The van der Waals surface area contributed by atoms with Gasteiger partial charge in [-0.3, -0.25) is 14.5 Å². The molecule has 6 heteroatoms. The third-order valence-corrected chi connectivity index (χ3v) is 4.30. The summed E-state index contributed by atoms with van der Waals surface area (Å²) in [5, 5.41) is 2.82. The monoisotopic (exact) mass is 362 g/mol. The molecule has 0 saturated heterocycles. The highest BCUT2D eigenvalue weighted by Crippen LogP contribution is 2.32. The number of nitrogens with zero attached hydrogens (tertiary/aromatic N) is 1. The Balaban J connectivity index is 1.44. The number of furan rings is 1. The summed E-state index contributed by atoms with van der Waals surface area (Å²) in [5.74, 6) is 0.961. The van der Waals surface area contributed by atoms with Gasteiger partial charge in [-0.1, -0.05) is 42.5 Å². The smallest absolute Gasteiger partial charge is 0.287 e. The van der Waals surface area contributed by atoms with E-state index in [1.165, 1.54) is 0 Å². The van der Waals surface area contributed by atoms with Crippen molar-refractivity contribution in [1.29, 1.82) is 0 Å². The van der Waals surface area contributed by atoms with E-state index in [0.717, 1.165) is 5.56 Å². The molecule has 0 unspecified atom stereocenters. The van der Waals surface area contributed by atoms with Gasteiger partial charge in [0.05, 0.1) is 12.2 Å². The molecule has 136 valence electrons. The van der Waals surface area contributed by atoms with Crippen molar-refractivity contribution in [2.45, 2.75) is 13.1 Å². The molecule has 1 aromatic heterocycles. The number of amides is 2. The van der Waals surface area contributed by atoms with Gasteiger partial charge in [0.1, 0.15) is 11.5 Å². The summed E-state index contributed by atoms with van der Waals surface area (Å²) >= 11 is 0. The van der Waals surface area contributed by atoms with E-state index in [1.54, 1.807) is 17.0 Å². The molecule has 0 bridgehead atoms. The van der Waals surface area contributed by atoms with E-state index < -0.39 is 0 Å². The third-order valence-electron chi connectivity index (χ3n) is 4.30. The number of nitrogens with one attached hydrogen (secondary N) is 1. The summed E-state index contributed by atoms with van der Waals surface area (Å²) in [6.07, 6.45) is 0. The predicted molar refractivity (Wildman–Crippen MR) is 99.4 cm³/mol. The highest BCUT2D eigenvalue weighted by Gasteiger charge is 2.26. The lowest BCUT2D eigenvalue weighted by Gasteiger charge is -2.28. The Morgan fingerprint density at radius 2 is 1.78 bits per heavy atom. The molecule has 0 aliphatic carbocycles. The van der Waals surface area contributed by atoms with E-state index in [1.807, 2.05) is 54.6 Å². The minimum absolute atomic E-state index is 0.0118. The maximum atomic E-state index is 12.3. The van der Waals surface area contributed by atoms with Crippen molar-refractivity contribution >= 4 is 17.5 Å². The van der Waals surface area contributed by atoms with Gasteiger partial charge in [0.15, 0.2) is 12.4 Å². The Bertz CT molecular complexity index is 965. The van der Waals surface area contributed by atoms with Crippen molar-refractivity contribution in [3.05, 3.63) is 83.8 Å². The van der Waals surface area contributed by atoms with Gasteiger partial charge in [-0.15, -0.1) is 0 Å². The fourth-order valence-corrected chi connectivity index (χ4v) is 2.93. The first-order valence-electron chi connectivity index (χ1n) is 8.64. The maximum Gasteiger partial charge on any atom is 0.287 e. The summed E-state index contributed by atoms with van der Waals surface area (Å²) in [6.45, 7) is 0.651. The van der Waals surface area contributed by atoms with Gasteiger partial charge in [0.2, 0.25) is 0 Å². The normalized spacial score (nSPS) is 13.0. The van der Waals surface area contributed by atoms with Crippen molar-refractivity contribution in [2.75, 3.05) is 11.5 Å². The molecule has 0 saturated carbocycles. The van der Waals surface area contributed by atoms with Crippen LogP contribution in [0.1, 0.15) is 21.9 Å². The Morgan fingerprint density at radius 1 is 1.00 bits per heavy atom. The number of fused-ring (bicyclic) bond motifs is 1. The first-order chi connectivity index (χ1) is 13.2. The average molecular weight is 362 g/mol. The van der Waals surface area contributed by atoms with E-state index in [4.69, 9.17) is 9.15 Å². The molecule has 0 atom stereocenters. The van der Waals surface area contributed by atoms with Gasteiger partial charge >= 0.3 is 0 Å². The zero-order valence-electron chi connectivity index (χ0n) is 14.6. The number of anilines is 1. The van der Waals surface area contributed by atoms with Gasteiger partial charge in [-0.05, 0) is 29.8 Å². The zero-order valence-corrected chi connectivity index (χ0v) is 14.6. The quantitative estimate of drug-likeness (QED) is 0.757. The van der Waals surface area contributed by atoms with Crippen molar-refractivity contribution in [3.63, 3.8) is 0 Å². The van der Waals surface area contributed by atoms with Crippen LogP contribution in [0.15, 0.2) is 71.1 Å². The lowest BCUT2D eigenvalue weighted by atomic mass is 10.2. The molecule has 27 heavy (non-hydrogen) atoms. The summed E-state index contributed by atoms with van der Waals surface area (Å²) in [7, 11) is 0. The van der Waals surface area contributed by atoms with Crippen LogP contribution in [0.4, 0.5) is 5.69 Å². The molecule has 1 N–H and O–H groups in total. The fraction of sp³-hybridized carbons (Fsp3) is 0.143. The number of hydrogen-bond acceptors (Lipinski definition) is 4. The van der Waals surface area contributed by atoms with Crippen LogP contribution in [0.5, 0.6) is 5.75 Å². The van der Waals surface area contributed by atoms with Crippen LogP contribution >= 0.6 is 0 Å². The topological polar surface area (TPSA) is 71.8 Å². The zero-order chi connectivity index (χ0) is 18.6. The molecule has 6 nitrogen and oxygen atoms in total. The molecule has 4 rings (SSSR count). The van der Waals surface area contributed by atoms with Gasteiger partial charge in [0, 0.05) is 6.54 Å². The maximum absolute atomic E-state index is 12.3. The van der Waals surface area contributed by atoms with Crippen molar-refractivity contribution < 1.29 is 18.7 Å². The lowest BCUT2D eigenvalue weighted by Crippen LogP contribution is -2.38. The SMILES string of the molecule is O=C(NCc1ccccc1)c1ccc(CN2C(=O)COc3ccccc32)o1. The average Bonchev–Trinajstić information content (AvgIpc) is 3.18. The second kappa shape index (κ2) is 7.37. The van der Waals surface area contributed by atoms with Gasteiger partial charge in [-0.25, -0.2) is 0 Å². The highest BCUT2D eigenvalue weighted by molar-refractivity contribution is 5.97. The van der Waals surface area contributed by atoms with E-state index in [9.17, 15) is 9.59 Å². The summed E-state index contributed by atoms with van der Waals surface area (Å²) in [6, 6.07) is 20.3. The molecule has 2 aromatic carbocycles. The lowest BCUT2D eigenvalue weighted by molar-refractivity contribution is -0.121. The molecular formula is C21H18N2O4. The van der Waals surface area contributed by atoms with Crippen LogP contribution in [-0.2, 0) is 17.9 Å². The van der Waals surface area contributed by atoms with Gasteiger partial charge in [0.25, 0.3) is 11.8 Å². The summed E-state index contributed by atoms with van der Waals surface area (Å²) in [4.78, 5) is 26.1. The minimum Gasteiger partial charge on any atom is -0.482 e. The molecule has 0 radical (unpaired) electrons. The van der Waals surface area contributed by atoms with Crippen molar-refractivity contribution in [2.24, 2.45) is 0 Å². The number of rotatable bonds is 5. The van der Waals surface area contributed by atoms with Crippen LogP contribution < -0.4 is 15.0 Å². The second-order valence-corrected chi connectivity index (χ2v) is 6.17. The van der Waals surface area contributed by atoms with Gasteiger partial charge < -0.3 is 14.5 Å². The number of ether oxygens (including phenoxy) is 1. The van der Waals surface area contributed by atoms with Crippen LogP contribution in [0.3, 0.4) is 0 Å². The summed E-state index contributed by atoms with van der Waals surface area (Å²) < 4.78 is 11.1. The van der Waals surface area contributed by atoms with Crippen LogP contribution in [-0.4, -0.2) is 18.4 Å². The standard InChI is InChI=1S/C21H18N2O4/c24-20-14-26-18-9-5-4-8-17(18)23(20)13-16-10-11-19(27-16)21(25)22-12-15-6-2-1-3-7-15/h1-11H,12-14H2,(H,22,25). The fourth-order valence-electron chi connectivity index (χ4n) is 2.93. The molecule has 2 heterocycles. The first-order valence-corrected chi connectivity index (χ1v) is 8.64. The van der Waals surface area contributed by atoms with Gasteiger partial charge in [-0.2, -0.15) is 0 Å². The Hall–Kier alpha value is -3.54. The number of hydrogen-bond donors (Lipinski definition) is 1. The van der Waals surface area contributed by atoms with Crippen LogP contribution in [0.2, 0.25) is 0 Å². The molecule has 0 spiro atoms. The Morgan fingerprint density at radius 3 is 2.63 bits per heavy atom. The Kier molecular flexibility index (Phi) is 4.61. The molecular weight excluding hydrogens is 344 g/mol. The van der Waals surface area contributed by atoms with Crippen LogP contribution in [0, 0.1) is 0 Å². The highest BCUT2D eigenvalue weighted by atomic mass is 16.5. The van der Waals surface area contributed by atoms with Crippen molar-refractivity contribution in [1.82, 2.24) is 5.32 Å². The third kappa shape index (κ3) is 3.69. The predicted octanol–water partition coefficient (Wildman–Crippen LogP) is 3.14. The number of benzene rings is 2.